The van der Waals surface area contributed by atoms with Gasteiger partial charge in [-0.1, -0.05) is 23.4 Å². The Balaban J connectivity index is 1.59. The number of hydrogen-bond acceptors (Lipinski definition) is 5. The molecule has 2 aromatic heterocycles. The average Bonchev–Trinajstić information content (AvgIpc) is 2.94. The van der Waals surface area contributed by atoms with Crippen LogP contribution in [0.2, 0.25) is 5.02 Å². The lowest BCUT2D eigenvalue weighted by Gasteiger charge is -2.07. The van der Waals surface area contributed by atoms with Crippen LogP contribution in [0, 0.1) is 5.82 Å². The minimum absolute atomic E-state index is 0.218. The van der Waals surface area contributed by atoms with Crippen LogP contribution >= 0.6 is 23.4 Å². The van der Waals surface area contributed by atoms with E-state index in [4.69, 9.17) is 16.3 Å². The molecule has 0 aliphatic heterocycles. The van der Waals surface area contributed by atoms with Crippen LogP contribution in [0.1, 0.15) is 0 Å². The Bertz CT molecular complexity index is 867. The van der Waals surface area contributed by atoms with Crippen molar-refractivity contribution in [1.82, 2.24) is 20.2 Å². The predicted octanol–water partition coefficient (Wildman–Crippen LogP) is 2.61. The van der Waals surface area contributed by atoms with Gasteiger partial charge in [-0.2, -0.15) is 5.10 Å². The van der Waals surface area contributed by atoms with Crippen molar-refractivity contribution in [2.75, 3.05) is 12.4 Å². The van der Waals surface area contributed by atoms with Crippen LogP contribution < -0.4 is 10.3 Å². The van der Waals surface area contributed by atoms with Crippen molar-refractivity contribution in [1.29, 1.82) is 0 Å². The van der Waals surface area contributed by atoms with Crippen molar-refractivity contribution in [3.05, 3.63) is 45.6 Å². The standard InChI is InChI=1S/C13H10ClFN4O2S/c14-9-5-7(15)1-2-10(9)21-3-4-22-13-17-11-8(6-16-19-11)12(20)18-13/h1-2,5-6H,3-4H2,(H2,16,17,18,19,20). The van der Waals surface area contributed by atoms with Gasteiger partial charge in [-0.15, -0.1) is 0 Å². The molecule has 0 radical (unpaired) electrons. The van der Waals surface area contributed by atoms with Crippen LogP contribution in [0.3, 0.4) is 0 Å². The van der Waals surface area contributed by atoms with Gasteiger partial charge >= 0.3 is 0 Å². The number of hydrogen-bond donors (Lipinski definition) is 2. The fourth-order valence-corrected chi connectivity index (χ4v) is 2.68. The topological polar surface area (TPSA) is 83.7 Å². The molecule has 0 fully saturated rings. The van der Waals surface area contributed by atoms with Gasteiger partial charge < -0.3 is 9.72 Å². The van der Waals surface area contributed by atoms with Crippen LogP contribution in [-0.4, -0.2) is 32.5 Å². The Kier molecular flexibility index (Phi) is 4.30. The van der Waals surface area contributed by atoms with Gasteiger partial charge in [0.1, 0.15) is 17.0 Å². The van der Waals surface area contributed by atoms with E-state index in [2.05, 4.69) is 20.2 Å². The number of ether oxygens (including phenoxy) is 1. The molecule has 0 aliphatic rings. The average molecular weight is 341 g/mol. The molecule has 0 aliphatic carbocycles. The summed E-state index contributed by atoms with van der Waals surface area (Å²) in [5.74, 6) is 0.534. The Morgan fingerprint density at radius 1 is 1.41 bits per heavy atom. The highest BCUT2D eigenvalue weighted by molar-refractivity contribution is 7.99. The number of halogens is 2. The summed E-state index contributed by atoms with van der Waals surface area (Å²) in [5, 5.41) is 7.52. The number of nitrogens with one attached hydrogen (secondary N) is 2. The van der Waals surface area contributed by atoms with E-state index in [9.17, 15) is 9.18 Å². The lowest BCUT2D eigenvalue weighted by Crippen LogP contribution is -2.09. The number of rotatable bonds is 5. The second-order valence-electron chi connectivity index (χ2n) is 4.28. The van der Waals surface area contributed by atoms with Crippen molar-refractivity contribution in [2.24, 2.45) is 0 Å². The van der Waals surface area contributed by atoms with Crippen LogP contribution in [0.15, 0.2) is 34.3 Å². The van der Waals surface area contributed by atoms with Crippen molar-refractivity contribution in [2.45, 2.75) is 5.16 Å². The van der Waals surface area contributed by atoms with Gasteiger partial charge in [-0.25, -0.2) is 9.37 Å². The molecule has 3 aromatic rings. The molecule has 1 aromatic carbocycles. The molecule has 2 heterocycles. The quantitative estimate of drug-likeness (QED) is 0.424. The van der Waals surface area contributed by atoms with Crippen molar-refractivity contribution in [3.63, 3.8) is 0 Å². The number of thioether (sulfide) groups is 1. The fraction of sp³-hybridized carbons (Fsp3) is 0.154. The maximum absolute atomic E-state index is 12.9. The van der Waals surface area contributed by atoms with Crippen molar-refractivity contribution < 1.29 is 9.13 Å². The zero-order valence-electron chi connectivity index (χ0n) is 11.1. The molecule has 0 spiro atoms. The van der Waals surface area contributed by atoms with Crippen LogP contribution in [0.5, 0.6) is 5.75 Å². The summed E-state index contributed by atoms with van der Waals surface area (Å²) in [6.45, 7) is 0.334. The van der Waals surface area contributed by atoms with Gasteiger partial charge in [-0.3, -0.25) is 9.89 Å². The zero-order valence-corrected chi connectivity index (χ0v) is 12.7. The molecule has 0 saturated heterocycles. The Labute approximate surface area is 133 Å². The monoisotopic (exact) mass is 340 g/mol. The molecule has 0 saturated carbocycles. The summed E-state index contributed by atoms with van der Waals surface area (Å²) in [5.41, 5.74) is 0.192. The summed E-state index contributed by atoms with van der Waals surface area (Å²) < 4.78 is 18.4. The van der Waals surface area contributed by atoms with Crippen LogP contribution in [0.25, 0.3) is 11.0 Å². The maximum Gasteiger partial charge on any atom is 0.262 e. The molecule has 6 nitrogen and oxygen atoms in total. The van der Waals surface area contributed by atoms with Crippen molar-refractivity contribution >= 4 is 34.4 Å². The van der Waals surface area contributed by atoms with Gasteiger partial charge in [0.25, 0.3) is 5.56 Å². The van der Waals surface area contributed by atoms with Gasteiger partial charge in [0.05, 0.1) is 17.8 Å². The first kappa shape index (κ1) is 14.9. The number of fused-ring (bicyclic) bond motifs is 1. The Hall–Kier alpha value is -2.06. The second kappa shape index (κ2) is 6.37. The van der Waals surface area contributed by atoms with E-state index < -0.39 is 5.82 Å². The van der Waals surface area contributed by atoms with Gasteiger partial charge in [-0.05, 0) is 18.2 Å². The minimum atomic E-state index is -0.415. The molecule has 0 unspecified atom stereocenters. The largest absolute Gasteiger partial charge is 0.491 e. The highest BCUT2D eigenvalue weighted by Gasteiger charge is 2.07. The van der Waals surface area contributed by atoms with Gasteiger partial charge in [0.15, 0.2) is 10.8 Å². The summed E-state index contributed by atoms with van der Waals surface area (Å²) >= 11 is 7.18. The van der Waals surface area contributed by atoms with E-state index in [0.29, 0.717) is 34.3 Å². The number of nitrogens with zero attached hydrogens (tertiary/aromatic N) is 2. The van der Waals surface area contributed by atoms with E-state index in [1.165, 1.54) is 36.2 Å². The number of benzene rings is 1. The molecular formula is C13H10ClFN4O2S. The molecule has 0 atom stereocenters. The number of aromatic nitrogens is 4. The maximum atomic E-state index is 12.9. The van der Waals surface area contributed by atoms with Crippen LogP contribution in [0.4, 0.5) is 4.39 Å². The van der Waals surface area contributed by atoms with E-state index in [0.717, 1.165) is 0 Å². The van der Waals surface area contributed by atoms with E-state index in [1.807, 2.05) is 0 Å². The molecule has 9 heteroatoms. The molecule has 3 rings (SSSR count). The summed E-state index contributed by atoms with van der Waals surface area (Å²) in [6, 6.07) is 3.94. The fourth-order valence-electron chi connectivity index (χ4n) is 1.78. The normalized spacial score (nSPS) is 11.0. The first-order valence-corrected chi connectivity index (χ1v) is 7.64. The molecular weight excluding hydrogens is 331 g/mol. The third kappa shape index (κ3) is 3.23. The molecule has 114 valence electrons. The van der Waals surface area contributed by atoms with E-state index >= 15 is 0 Å². The first-order chi connectivity index (χ1) is 10.6. The minimum Gasteiger partial charge on any atom is -0.491 e. The first-order valence-electron chi connectivity index (χ1n) is 6.27. The van der Waals surface area contributed by atoms with E-state index in [-0.39, 0.29) is 10.6 Å². The highest BCUT2D eigenvalue weighted by atomic mass is 35.5. The van der Waals surface area contributed by atoms with E-state index in [1.54, 1.807) is 0 Å². The smallest absolute Gasteiger partial charge is 0.262 e. The predicted molar refractivity (Wildman–Crippen MR) is 82.1 cm³/mol. The zero-order chi connectivity index (χ0) is 15.5. The number of aromatic amines is 2. The molecule has 2 N–H and O–H groups in total. The summed E-state index contributed by atoms with van der Waals surface area (Å²) in [7, 11) is 0. The SMILES string of the molecule is O=c1[nH]c(SCCOc2ccc(F)cc2Cl)nc2[nH]ncc12. The van der Waals surface area contributed by atoms with Gasteiger partial charge in [0.2, 0.25) is 0 Å². The van der Waals surface area contributed by atoms with Crippen molar-refractivity contribution in [3.8, 4) is 5.75 Å². The summed E-state index contributed by atoms with van der Waals surface area (Å²) in [6.07, 6.45) is 1.43. The Morgan fingerprint density at radius 2 is 2.27 bits per heavy atom. The third-order valence-electron chi connectivity index (χ3n) is 2.77. The summed E-state index contributed by atoms with van der Waals surface area (Å²) in [4.78, 5) is 18.6. The molecule has 22 heavy (non-hydrogen) atoms. The van der Waals surface area contributed by atoms with Gasteiger partial charge in [0, 0.05) is 5.75 Å². The number of H-pyrrole nitrogens is 2. The van der Waals surface area contributed by atoms with Crippen LogP contribution in [-0.2, 0) is 0 Å². The second-order valence-corrected chi connectivity index (χ2v) is 5.77. The lowest BCUT2D eigenvalue weighted by atomic mass is 10.3. The molecule has 0 bridgehead atoms. The highest BCUT2D eigenvalue weighted by Crippen LogP contribution is 2.25. The molecule has 0 amide bonds. The third-order valence-corrected chi connectivity index (χ3v) is 3.90. The Morgan fingerprint density at radius 3 is 3.09 bits per heavy atom. The lowest BCUT2D eigenvalue weighted by molar-refractivity contribution is 0.343.